The second-order valence-electron chi connectivity index (χ2n) is 7.32. The van der Waals surface area contributed by atoms with Crippen LogP contribution in [0.5, 0.6) is 0 Å². The largest absolute Gasteiger partial charge is 0.322 e. The highest BCUT2D eigenvalue weighted by molar-refractivity contribution is 7.91. The summed E-state index contributed by atoms with van der Waals surface area (Å²) in [6, 6.07) is 5.20. The Balaban J connectivity index is 1.51. The molecule has 4 rings (SSSR count). The molecular weight excluding hydrogens is 446 g/mol. The van der Waals surface area contributed by atoms with Crippen molar-refractivity contribution in [1.29, 1.82) is 0 Å². The number of thiophene rings is 1. The van der Waals surface area contributed by atoms with Gasteiger partial charge in [0.2, 0.25) is 10.0 Å². The van der Waals surface area contributed by atoms with Crippen LogP contribution in [0.4, 0.5) is 11.6 Å². The molecule has 0 aromatic carbocycles. The summed E-state index contributed by atoms with van der Waals surface area (Å²) in [5.41, 5.74) is 1.10. The zero-order chi connectivity index (χ0) is 21.3. The zero-order valence-electron chi connectivity index (χ0n) is 16.5. The van der Waals surface area contributed by atoms with E-state index in [0.29, 0.717) is 46.4 Å². The lowest BCUT2D eigenvalue weighted by atomic mass is 10.3. The number of nitrogens with zero attached hydrogens (tertiary/aromatic N) is 4. The van der Waals surface area contributed by atoms with Gasteiger partial charge < -0.3 is 10.2 Å². The van der Waals surface area contributed by atoms with E-state index in [-0.39, 0.29) is 4.21 Å². The minimum Gasteiger partial charge on any atom is -0.322 e. The fourth-order valence-corrected chi connectivity index (χ4v) is 5.21. The van der Waals surface area contributed by atoms with Gasteiger partial charge in [0.1, 0.15) is 9.23 Å². The number of rotatable bonds is 9. The van der Waals surface area contributed by atoms with Gasteiger partial charge in [0.05, 0.1) is 11.1 Å². The maximum Gasteiger partial charge on any atom is 0.250 e. The molecule has 1 fully saturated rings. The van der Waals surface area contributed by atoms with E-state index in [4.69, 9.17) is 11.6 Å². The van der Waals surface area contributed by atoms with Gasteiger partial charge in [-0.25, -0.2) is 23.1 Å². The third-order valence-corrected chi connectivity index (χ3v) is 7.83. The Bertz CT molecular complexity index is 1140. The molecule has 0 radical (unpaired) electrons. The summed E-state index contributed by atoms with van der Waals surface area (Å²) >= 11 is 7.35. The van der Waals surface area contributed by atoms with Crippen LogP contribution in [0.1, 0.15) is 24.5 Å². The van der Waals surface area contributed by atoms with Gasteiger partial charge in [-0.3, -0.25) is 5.10 Å². The predicted molar refractivity (Wildman–Crippen MR) is 118 cm³/mol. The third kappa shape index (κ3) is 4.98. The molecule has 12 heteroatoms. The van der Waals surface area contributed by atoms with Gasteiger partial charge in [-0.15, -0.1) is 11.3 Å². The van der Waals surface area contributed by atoms with Crippen molar-refractivity contribution < 1.29 is 8.42 Å². The monoisotopic (exact) mass is 467 g/mol. The van der Waals surface area contributed by atoms with Crippen LogP contribution in [0.3, 0.4) is 0 Å². The first-order valence-electron chi connectivity index (χ1n) is 9.41. The molecule has 3 aromatic heterocycles. The Morgan fingerprint density at radius 1 is 1.33 bits per heavy atom. The molecule has 1 aliphatic rings. The van der Waals surface area contributed by atoms with Gasteiger partial charge in [0, 0.05) is 30.8 Å². The molecular formula is C18H22ClN7O2S2. The number of anilines is 2. The van der Waals surface area contributed by atoms with E-state index in [2.05, 4.69) is 30.2 Å². The number of hydrogen-bond donors (Lipinski definition) is 3. The summed E-state index contributed by atoms with van der Waals surface area (Å²) in [7, 11) is 0.192. The van der Waals surface area contributed by atoms with Crippen molar-refractivity contribution >= 4 is 44.6 Å². The van der Waals surface area contributed by atoms with E-state index in [1.807, 2.05) is 25.1 Å². The van der Waals surface area contributed by atoms with E-state index < -0.39 is 10.0 Å². The van der Waals surface area contributed by atoms with Crippen molar-refractivity contribution in [2.24, 2.45) is 0 Å². The molecule has 1 saturated carbocycles. The van der Waals surface area contributed by atoms with E-state index in [1.165, 1.54) is 19.0 Å². The average Bonchev–Trinajstić information content (AvgIpc) is 3.22. The number of H-pyrrole nitrogens is 1. The Hall–Kier alpha value is -2.05. The number of aromatic nitrogens is 4. The fourth-order valence-electron chi connectivity index (χ4n) is 2.76. The number of nitrogens with one attached hydrogen (secondary N) is 3. The summed E-state index contributed by atoms with van der Waals surface area (Å²) < 4.78 is 27.8. The molecule has 3 heterocycles. The molecule has 0 bridgehead atoms. The summed E-state index contributed by atoms with van der Waals surface area (Å²) in [5, 5.41) is 10.7. The molecule has 0 saturated heterocycles. The van der Waals surface area contributed by atoms with Gasteiger partial charge in [-0.05, 0) is 39.1 Å². The standard InChI is InChI=1S/C18H22ClN7O2S2/c1-26(2)8-7-21-30(27,28)16-6-5-14(29-16)18-20-10-12(19)17(23-18)22-15-9-13(24-25-15)11-3-4-11/h5-6,9-11,21H,3-4,7-8H2,1-2H3,(H2,20,22,23,24,25). The predicted octanol–water partition coefficient (Wildman–Crippen LogP) is 3.04. The lowest BCUT2D eigenvalue weighted by Crippen LogP contribution is -2.30. The van der Waals surface area contributed by atoms with Crippen LogP contribution >= 0.6 is 22.9 Å². The van der Waals surface area contributed by atoms with Crippen molar-refractivity contribution in [3.63, 3.8) is 0 Å². The highest BCUT2D eigenvalue weighted by Gasteiger charge is 2.25. The molecule has 30 heavy (non-hydrogen) atoms. The maximum atomic E-state index is 12.5. The lowest BCUT2D eigenvalue weighted by molar-refractivity contribution is 0.412. The Labute approximate surface area is 183 Å². The normalized spacial score (nSPS) is 14.4. The minimum atomic E-state index is -3.58. The summed E-state index contributed by atoms with van der Waals surface area (Å²) in [5.74, 6) is 1.99. The summed E-state index contributed by atoms with van der Waals surface area (Å²) in [4.78, 5) is 11.3. The average molecular weight is 468 g/mol. The molecule has 0 spiro atoms. The Morgan fingerprint density at radius 2 is 2.13 bits per heavy atom. The van der Waals surface area contributed by atoms with Crippen LogP contribution in [-0.4, -0.2) is 60.7 Å². The lowest BCUT2D eigenvalue weighted by Gasteiger charge is -2.09. The van der Waals surface area contributed by atoms with Gasteiger partial charge in [-0.1, -0.05) is 11.6 Å². The summed E-state index contributed by atoms with van der Waals surface area (Å²) in [6.07, 6.45) is 3.84. The van der Waals surface area contributed by atoms with Crippen molar-refractivity contribution in [2.75, 3.05) is 32.5 Å². The van der Waals surface area contributed by atoms with Crippen LogP contribution in [0.25, 0.3) is 10.7 Å². The second-order valence-corrected chi connectivity index (χ2v) is 10.8. The van der Waals surface area contributed by atoms with Gasteiger partial charge in [-0.2, -0.15) is 5.10 Å². The van der Waals surface area contributed by atoms with Gasteiger partial charge in [0.15, 0.2) is 17.5 Å². The van der Waals surface area contributed by atoms with Crippen LogP contribution in [0, 0.1) is 0 Å². The first-order valence-corrected chi connectivity index (χ1v) is 12.1. The minimum absolute atomic E-state index is 0.214. The van der Waals surface area contributed by atoms with E-state index in [0.717, 1.165) is 17.0 Å². The molecule has 0 amide bonds. The van der Waals surface area contributed by atoms with Gasteiger partial charge >= 0.3 is 0 Å². The highest BCUT2D eigenvalue weighted by Crippen LogP contribution is 2.40. The Morgan fingerprint density at radius 3 is 2.87 bits per heavy atom. The first-order chi connectivity index (χ1) is 14.3. The van der Waals surface area contributed by atoms with E-state index in [1.54, 1.807) is 12.1 Å². The number of halogens is 1. The Kier molecular flexibility index (Phi) is 6.07. The highest BCUT2D eigenvalue weighted by atomic mass is 35.5. The van der Waals surface area contributed by atoms with E-state index in [9.17, 15) is 8.42 Å². The van der Waals surface area contributed by atoms with Crippen molar-refractivity contribution in [3.05, 3.63) is 35.1 Å². The SMILES string of the molecule is CN(C)CCNS(=O)(=O)c1ccc(-c2ncc(Cl)c(Nc3cc(C4CC4)[nH]n3)n2)s1. The smallest absolute Gasteiger partial charge is 0.250 e. The molecule has 0 atom stereocenters. The molecule has 0 unspecified atom stereocenters. The molecule has 0 aliphatic heterocycles. The molecule has 9 nitrogen and oxygen atoms in total. The van der Waals surface area contributed by atoms with E-state index >= 15 is 0 Å². The summed E-state index contributed by atoms with van der Waals surface area (Å²) in [6.45, 7) is 0.947. The molecule has 3 N–H and O–H groups in total. The number of hydrogen-bond acceptors (Lipinski definition) is 8. The van der Waals surface area contributed by atoms with Crippen molar-refractivity contribution in [1.82, 2.24) is 29.8 Å². The molecule has 1 aliphatic carbocycles. The molecule has 3 aromatic rings. The van der Waals surface area contributed by atoms with Crippen LogP contribution < -0.4 is 10.0 Å². The number of likely N-dealkylation sites (N-methyl/N-ethyl adjacent to an activating group) is 1. The quantitative estimate of drug-likeness (QED) is 0.443. The van der Waals surface area contributed by atoms with Crippen molar-refractivity contribution in [2.45, 2.75) is 23.0 Å². The van der Waals surface area contributed by atoms with Crippen molar-refractivity contribution in [3.8, 4) is 10.7 Å². The number of sulfonamides is 1. The molecule has 160 valence electrons. The number of aromatic amines is 1. The van der Waals surface area contributed by atoms with Crippen LogP contribution in [0.15, 0.2) is 28.6 Å². The van der Waals surface area contributed by atoms with Gasteiger partial charge in [0.25, 0.3) is 0 Å². The first kappa shape index (κ1) is 21.2. The fraction of sp³-hybridized carbons (Fsp3) is 0.389. The topological polar surface area (TPSA) is 116 Å². The van der Waals surface area contributed by atoms with Crippen LogP contribution in [0.2, 0.25) is 5.02 Å². The zero-order valence-corrected chi connectivity index (χ0v) is 18.9. The van der Waals surface area contributed by atoms with Crippen LogP contribution in [-0.2, 0) is 10.0 Å². The third-order valence-electron chi connectivity index (χ3n) is 4.52. The second kappa shape index (κ2) is 8.60. The maximum absolute atomic E-state index is 12.5.